The van der Waals surface area contributed by atoms with Gasteiger partial charge in [0.05, 0.1) is 18.9 Å². The monoisotopic (exact) mass is 279 g/mol. The lowest BCUT2D eigenvalue weighted by Gasteiger charge is -2.00. The van der Waals surface area contributed by atoms with Gasteiger partial charge in [-0.1, -0.05) is 36.4 Å². The summed E-state index contributed by atoms with van der Waals surface area (Å²) in [5, 5.41) is 0. The number of para-hydroxylation sites is 1. The lowest BCUT2D eigenvalue weighted by atomic mass is 10.1. The Bertz CT molecular complexity index is 733. The van der Waals surface area contributed by atoms with Crippen molar-refractivity contribution in [3.8, 4) is 0 Å². The molecule has 2 aromatic carbocycles. The van der Waals surface area contributed by atoms with Gasteiger partial charge in [-0.2, -0.15) is 0 Å². The highest BCUT2D eigenvalue weighted by atomic mass is 16.5. The Morgan fingerprint density at radius 2 is 1.71 bits per heavy atom. The number of carbonyl (C=O) groups excluding carboxylic acids is 1. The van der Waals surface area contributed by atoms with Crippen LogP contribution in [0.5, 0.6) is 0 Å². The zero-order valence-corrected chi connectivity index (χ0v) is 11.4. The van der Waals surface area contributed by atoms with Crippen LogP contribution in [0.3, 0.4) is 0 Å². The first-order valence-electron chi connectivity index (χ1n) is 6.49. The summed E-state index contributed by atoms with van der Waals surface area (Å²) in [6.07, 6.45) is 1.33. The molecule has 21 heavy (non-hydrogen) atoms. The van der Waals surface area contributed by atoms with Crippen LogP contribution in [-0.2, 0) is 14.3 Å². The van der Waals surface area contributed by atoms with Gasteiger partial charge in [0.2, 0.25) is 5.90 Å². The van der Waals surface area contributed by atoms with Crippen LogP contribution in [0.15, 0.2) is 65.7 Å². The minimum absolute atomic E-state index is 0.451. The predicted octanol–water partition coefficient (Wildman–Crippen LogP) is 3.31. The first kappa shape index (κ1) is 13.1. The van der Waals surface area contributed by atoms with Gasteiger partial charge in [-0.3, -0.25) is 0 Å². The quantitative estimate of drug-likeness (QED) is 0.626. The molecule has 4 heteroatoms. The Hall–Kier alpha value is -2.88. The van der Waals surface area contributed by atoms with Gasteiger partial charge >= 0.3 is 5.97 Å². The number of hydrogen-bond acceptors (Lipinski definition) is 4. The van der Waals surface area contributed by atoms with Crippen LogP contribution in [-0.4, -0.2) is 19.0 Å². The minimum atomic E-state index is -0.458. The van der Waals surface area contributed by atoms with Crippen molar-refractivity contribution < 1.29 is 14.3 Å². The molecule has 1 aliphatic heterocycles. The van der Waals surface area contributed by atoms with Gasteiger partial charge in [0.15, 0.2) is 0 Å². The van der Waals surface area contributed by atoms with Gasteiger partial charge in [-0.05, 0) is 18.2 Å². The summed E-state index contributed by atoms with van der Waals surface area (Å²) in [7, 11) is 1.33. The summed E-state index contributed by atoms with van der Waals surface area (Å²) in [5.74, 6) is 0.472. The van der Waals surface area contributed by atoms with Gasteiger partial charge in [0.25, 0.3) is 0 Å². The number of fused-ring (bicyclic) bond motifs is 1. The fraction of sp³-hybridized carbons (Fsp3) is 0.0588. The summed E-state index contributed by atoms with van der Waals surface area (Å²) >= 11 is 0. The molecule has 0 bridgehead atoms. The lowest BCUT2D eigenvalue weighted by Crippen LogP contribution is -1.98. The summed E-state index contributed by atoms with van der Waals surface area (Å²) in [6.45, 7) is 0. The van der Waals surface area contributed by atoms with Gasteiger partial charge in [-0.25, -0.2) is 9.79 Å². The molecular weight excluding hydrogens is 266 g/mol. The highest BCUT2D eigenvalue weighted by Gasteiger charge is 2.25. The van der Waals surface area contributed by atoms with Crippen molar-refractivity contribution in [2.45, 2.75) is 0 Å². The summed E-state index contributed by atoms with van der Waals surface area (Å²) < 4.78 is 10.4. The maximum absolute atomic E-state index is 11.4. The van der Waals surface area contributed by atoms with E-state index in [4.69, 9.17) is 4.74 Å². The molecule has 0 saturated carbocycles. The molecule has 0 unspecified atom stereocenters. The number of carbonyl (C=O) groups is 1. The molecule has 0 aliphatic carbocycles. The third-order valence-corrected chi connectivity index (χ3v) is 3.07. The van der Waals surface area contributed by atoms with E-state index in [-0.39, 0.29) is 0 Å². The maximum atomic E-state index is 11.4. The van der Waals surface area contributed by atoms with Gasteiger partial charge < -0.3 is 9.47 Å². The molecule has 0 saturated heterocycles. The van der Waals surface area contributed by atoms with Crippen molar-refractivity contribution in [2.24, 2.45) is 4.99 Å². The Labute approximate surface area is 122 Å². The van der Waals surface area contributed by atoms with Gasteiger partial charge in [0.1, 0.15) is 5.76 Å². The summed E-state index contributed by atoms with van der Waals surface area (Å²) in [5.41, 5.74) is 2.48. The van der Waals surface area contributed by atoms with E-state index < -0.39 is 5.97 Å². The SMILES string of the molecule is COC(=O)/C=C1/OC(=Nc2ccccc2)c2ccccc21. The van der Waals surface area contributed by atoms with Crippen molar-refractivity contribution >= 4 is 23.3 Å². The molecule has 1 heterocycles. The number of esters is 1. The zero-order valence-electron chi connectivity index (χ0n) is 11.4. The molecule has 104 valence electrons. The van der Waals surface area contributed by atoms with Crippen LogP contribution >= 0.6 is 0 Å². The van der Waals surface area contributed by atoms with Crippen molar-refractivity contribution in [1.82, 2.24) is 0 Å². The first-order chi connectivity index (χ1) is 10.3. The Morgan fingerprint density at radius 3 is 2.43 bits per heavy atom. The second kappa shape index (κ2) is 5.63. The van der Waals surface area contributed by atoms with E-state index in [1.54, 1.807) is 0 Å². The lowest BCUT2D eigenvalue weighted by molar-refractivity contribution is -0.134. The normalized spacial score (nSPS) is 16.6. The van der Waals surface area contributed by atoms with E-state index in [2.05, 4.69) is 9.73 Å². The number of aliphatic imine (C=N–C) groups is 1. The van der Waals surface area contributed by atoms with Crippen LogP contribution in [0.4, 0.5) is 5.69 Å². The van der Waals surface area contributed by atoms with E-state index in [0.29, 0.717) is 11.7 Å². The van der Waals surface area contributed by atoms with Crippen molar-refractivity contribution in [3.63, 3.8) is 0 Å². The zero-order chi connectivity index (χ0) is 14.7. The number of rotatable bonds is 2. The maximum Gasteiger partial charge on any atom is 0.334 e. The first-order valence-corrected chi connectivity index (χ1v) is 6.49. The Kier molecular flexibility index (Phi) is 3.51. The average molecular weight is 279 g/mol. The highest BCUT2D eigenvalue weighted by molar-refractivity contribution is 6.09. The Morgan fingerprint density at radius 1 is 1.05 bits per heavy atom. The molecule has 0 spiro atoms. The molecule has 0 amide bonds. The van der Waals surface area contributed by atoms with Crippen LogP contribution in [0.25, 0.3) is 5.76 Å². The number of methoxy groups -OCH3 is 1. The number of ether oxygens (including phenoxy) is 2. The van der Waals surface area contributed by atoms with E-state index in [0.717, 1.165) is 16.8 Å². The van der Waals surface area contributed by atoms with Crippen molar-refractivity contribution in [1.29, 1.82) is 0 Å². The van der Waals surface area contributed by atoms with Gasteiger partial charge in [0, 0.05) is 11.1 Å². The third-order valence-electron chi connectivity index (χ3n) is 3.07. The van der Waals surface area contributed by atoms with Crippen LogP contribution < -0.4 is 0 Å². The molecule has 0 atom stereocenters. The second-order valence-corrected chi connectivity index (χ2v) is 4.43. The molecule has 0 N–H and O–H groups in total. The van der Waals surface area contributed by atoms with E-state index in [1.807, 2.05) is 54.6 Å². The number of nitrogens with zero attached hydrogens (tertiary/aromatic N) is 1. The van der Waals surface area contributed by atoms with Crippen molar-refractivity contribution in [3.05, 3.63) is 71.8 Å². The molecule has 0 fully saturated rings. The standard InChI is InChI=1S/C17H13NO3/c1-20-16(19)11-15-13-9-5-6-10-14(13)17(21-15)18-12-7-3-2-4-8-12/h2-11H,1H3/b15-11+,18-17?. The molecular formula is C17H13NO3. The smallest absolute Gasteiger partial charge is 0.334 e. The van der Waals surface area contributed by atoms with Crippen molar-refractivity contribution in [2.75, 3.05) is 7.11 Å². The Balaban J connectivity index is 2.04. The van der Waals surface area contributed by atoms with E-state index in [1.165, 1.54) is 13.2 Å². The summed E-state index contributed by atoms with van der Waals surface area (Å²) in [4.78, 5) is 15.9. The van der Waals surface area contributed by atoms with E-state index in [9.17, 15) is 4.79 Å². The van der Waals surface area contributed by atoms with E-state index >= 15 is 0 Å². The van der Waals surface area contributed by atoms with Crippen LogP contribution in [0.1, 0.15) is 11.1 Å². The predicted molar refractivity (Wildman–Crippen MR) is 80.2 cm³/mol. The number of benzene rings is 2. The molecule has 2 aromatic rings. The fourth-order valence-electron chi connectivity index (χ4n) is 2.07. The second-order valence-electron chi connectivity index (χ2n) is 4.43. The molecule has 0 radical (unpaired) electrons. The van der Waals surface area contributed by atoms with Gasteiger partial charge in [-0.15, -0.1) is 0 Å². The molecule has 0 aromatic heterocycles. The minimum Gasteiger partial charge on any atom is -0.466 e. The largest absolute Gasteiger partial charge is 0.466 e. The third kappa shape index (κ3) is 2.69. The topological polar surface area (TPSA) is 47.9 Å². The molecule has 1 aliphatic rings. The fourth-order valence-corrected chi connectivity index (χ4v) is 2.07. The molecule has 3 rings (SSSR count). The molecule has 4 nitrogen and oxygen atoms in total. The van der Waals surface area contributed by atoms with Crippen LogP contribution in [0, 0.1) is 0 Å². The number of hydrogen-bond donors (Lipinski definition) is 0. The summed E-state index contributed by atoms with van der Waals surface area (Å²) in [6, 6.07) is 17.1. The highest BCUT2D eigenvalue weighted by Crippen LogP contribution is 2.31. The average Bonchev–Trinajstić information content (AvgIpc) is 2.86. The van der Waals surface area contributed by atoms with Crippen LogP contribution in [0.2, 0.25) is 0 Å².